The van der Waals surface area contributed by atoms with E-state index >= 15 is 0 Å². The smallest absolute Gasteiger partial charge is 0.182 e. The molecule has 1 fully saturated rings. The number of ketones is 1. The highest BCUT2D eigenvalue weighted by Gasteiger charge is 2.34. The van der Waals surface area contributed by atoms with E-state index in [0.29, 0.717) is 0 Å². The van der Waals surface area contributed by atoms with Gasteiger partial charge in [0.1, 0.15) is 11.6 Å². The number of likely N-dealkylation sites (tertiary alicyclic amines) is 1. The van der Waals surface area contributed by atoms with Gasteiger partial charge in [-0.2, -0.15) is 0 Å². The van der Waals surface area contributed by atoms with Gasteiger partial charge in [-0.3, -0.25) is 9.69 Å². The predicted molar refractivity (Wildman–Crippen MR) is 70.1 cm³/mol. The molecule has 2 rings (SSSR count). The molecule has 0 spiro atoms. The third kappa shape index (κ3) is 3.00. The van der Waals surface area contributed by atoms with E-state index in [1.165, 1.54) is 6.07 Å². The topological polar surface area (TPSA) is 20.3 Å². The fourth-order valence-corrected chi connectivity index (χ4v) is 2.56. The summed E-state index contributed by atoms with van der Waals surface area (Å²) in [5.41, 5.74) is 0.161. The Morgan fingerprint density at radius 2 is 2.05 bits per heavy atom. The molecule has 1 unspecified atom stereocenters. The van der Waals surface area contributed by atoms with Crippen molar-refractivity contribution in [1.29, 1.82) is 0 Å². The van der Waals surface area contributed by atoms with E-state index in [4.69, 9.17) is 0 Å². The first-order valence-corrected chi connectivity index (χ1v) is 6.53. The van der Waals surface area contributed by atoms with Gasteiger partial charge in [0.25, 0.3) is 0 Å². The van der Waals surface area contributed by atoms with E-state index in [-0.39, 0.29) is 22.8 Å². The van der Waals surface area contributed by atoms with Gasteiger partial charge in [-0.1, -0.05) is 13.8 Å². The highest BCUT2D eigenvalue weighted by atomic mass is 19.1. The van der Waals surface area contributed by atoms with Crippen molar-refractivity contribution in [2.24, 2.45) is 5.41 Å². The Labute approximate surface area is 112 Å². The molecule has 104 valence electrons. The van der Waals surface area contributed by atoms with E-state index < -0.39 is 11.6 Å². The van der Waals surface area contributed by atoms with Crippen molar-refractivity contribution in [3.05, 3.63) is 35.4 Å². The van der Waals surface area contributed by atoms with Crippen molar-refractivity contribution < 1.29 is 13.6 Å². The second-order valence-corrected chi connectivity index (χ2v) is 6.05. The van der Waals surface area contributed by atoms with E-state index in [0.717, 1.165) is 31.6 Å². The van der Waals surface area contributed by atoms with E-state index in [1.807, 2.05) is 0 Å². The van der Waals surface area contributed by atoms with Gasteiger partial charge >= 0.3 is 0 Å². The number of carbonyl (C=O) groups excluding carboxylic acids is 1. The molecule has 1 saturated heterocycles. The van der Waals surface area contributed by atoms with Gasteiger partial charge in [0, 0.05) is 12.6 Å². The van der Waals surface area contributed by atoms with Crippen LogP contribution in [0.3, 0.4) is 0 Å². The second-order valence-electron chi connectivity index (χ2n) is 6.05. The standard InChI is InChI=1S/C15H19F2NO/c1-10(18-7-6-15(2,3)9-18)14(19)12-5-4-11(16)8-13(12)17/h4-5,8,10H,6-7,9H2,1-3H3. The number of rotatable bonds is 3. The summed E-state index contributed by atoms with van der Waals surface area (Å²) in [7, 11) is 0. The SMILES string of the molecule is CC(C(=O)c1ccc(F)cc1F)N1CCC(C)(C)C1. The number of halogens is 2. The van der Waals surface area contributed by atoms with E-state index in [2.05, 4.69) is 18.7 Å². The molecule has 0 aromatic heterocycles. The van der Waals surface area contributed by atoms with Gasteiger partial charge in [0.05, 0.1) is 11.6 Å². The molecular weight excluding hydrogens is 248 g/mol. The number of Topliss-reactive ketones (excluding diaryl/α,β-unsaturated/α-hetero) is 1. The van der Waals surface area contributed by atoms with Crippen molar-refractivity contribution in [2.45, 2.75) is 33.2 Å². The van der Waals surface area contributed by atoms with Gasteiger partial charge < -0.3 is 0 Å². The zero-order chi connectivity index (χ0) is 14.2. The minimum atomic E-state index is -0.782. The zero-order valence-corrected chi connectivity index (χ0v) is 11.5. The molecule has 4 heteroatoms. The lowest BCUT2D eigenvalue weighted by Gasteiger charge is -2.25. The summed E-state index contributed by atoms with van der Waals surface area (Å²) in [6.45, 7) is 7.75. The number of hydrogen-bond donors (Lipinski definition) is 0. The Bertz CT molecular complexity index is 499. The molecule has 1 aliphatic rings. The highest BCUT2D eigenvalue weighted by molar-refractivity contribution is 6.00. The van der Waals surface area contributed by atoms with Gasteiger partial charge in [-0.25, -0.2) is 8.78 Å². The summed E-state index contributed by atoms with van der Waals surface area (Å²) in [4.78, 5) is 14.3. The molecule has 1 atom stereocenters. The van der Waals surface area contributed by atoms with Crippen LogP contribution < -0.4 is 0 Å². The molecular formula is C15H19F2NO. The quantitative estimate of drug-likeness (QED) is 0.783. The van der Waals surface area contributed by atoms with E-state index in [9.17, 15) is 13.6 Å². The predicted octanol–water partition coefficient (Wildman–Crippen LogP) is 3.27. The van der Waals surface area contributed by atoms with Crippen LogP contribution in [0.25, 0.3) is 0 Å². The maximum atomic E-state index is 13.6. The summed E-state index contributed by atoms with van der Waals surface area (Å²) in [6, 6.07) is 2.73. The van der Waals surface area contributed by atoms with E-state index in [1.54, 1.807) is 6.92 Å². The van der Waals surface area contributed by atoms with Crippen LogP contribution in [0.5, 0.6) is 0 Å². The zero-order valence-electron chi connectivity index (χ0n) is 11.5. The lowest BCUT2D eigenvalue weighted by molar-refractivity contribution is 0.0852. The second kappa shape index (κ2) is 5.00. The van der Waals surface area contributed by atoms with Crippen LogP contribution in [-0.2, 0) is 0 Å². The Morgan fingerprint density at radius 3 is 2.58 bits per heavy atom. The van der Waals surface area contributed by atoms with Crippen molar-refractivity contribution in [2.75, 3.05) is 13.1 Å². The molecule has 0 amide bonds. The average Bonchev–Trinajstić information content (AvgIpc) is 2.68. The highest BCUT2D eigenvalue weighted by Crippen LogP contribution is 2.30. The molecule has 1 aromatic rings. The van der Waals surface area contributed by atoms with Crippen LogP contribution in [0.15, 0.2) is 18.2 Å². The number of benzene rings is 1. The molecule has 1 heterocycles. The van der Waals surface area contributed by atoms with Crippen molar-refractivity contribution >= 4 is 5.78 Å². The molecule has 1 aromatic carbocycles. The van der Waals surface area contributed by atoms with Gasteiger partial charge in [-0.15, -0.1) is 0 Å². The molecule has 0 bridgehead atoms. The first-order valence-electron chi connectivity index (χ1n) is 6.53. The minimum absolute atomic E-state index is 0.0291. The summed E-state index contributed by atoms with van der Waals surface area (Å²) >= 11 is 0. The van der Waals surface area contributed by atoms with Gasteiger partial charge in [-0.05, 0) is 37.4 Å². The van der Waals surface area contributed by atoms with Crippen LogP contribution in [0.1, 0.15) is 37.6 Å². The third-order valence-electron chi connectivity index (χ3n) is 3.83. The van der Waals surface area contributed by atoms with Crippen LogP contribution in [0.2, 0.25) is 0 Å². The molecule has 0 aliphatic carbocycles. The summed E-state index contributed by atoms with van der Waals surface area (Å²) in [5.74, 6) is -1.73. The van der Waals surface area contributed by atoms with Crippen molar-refractivity contribution in [1.82, 2.24) is 4.90 Å². The molecule has 0 radical (unpaired) electrons. The summed E-state index contributed by atoms with van der Waals surface area (Å²) < 4.78 is 26.5. The number of hydrogen-bond acceptors (Lipinski definition) is 2. The Hall–Kier alpha value is -1.29. The fraction of sp³-hybridized carbons (Fsp3) is 0.533. The normalized spacial score (nSPS) is 20.5. The molecule has 19 heavy (non-hydrogen) atoms. The molecule has 0 N–H and O–H groups in total. The van der Waals surface area contributed by atoms with Crippen LogP contribution >= 0.6 is 0 Å². The monoisotopic (exact) mass is 267 g/mol. The minimum Gasteiger partial charge on any atom is -0.293 e. The van der Waals surface area contributed by atoms with Gasteiger partial charge in [0.2, 0.25) is 0 Å². The maximum Gasteiger partial charge on any atom is 0.182 e. The first kappa shape index (κ1) is 14.1. The lowest BCUT2D eigenvalue weighted by atomic mass is 9.93. The largest absolute Gasteiger partial charge is 0.293 e. The number of nitrogens with zero attached hydrogens (tertiary/aromatic N) is 1. The van der Waals surface area contributed by atoms with Crippen molar-refractivity contribution in [3.8, 4) is 0 Å². The summed E-state index contributed by atoms with van der Waals surface area (Å²) in [5, 5.41) is 0. The van der Waals surface area contributed by atoms with Gasteiger partial charge in [0.15, 0.2) is 5.78 Å². The Balaban J connectivity index is 2.15. The van der Waals surface area contributed by atoms with Crippen LogP contribution in [0, 0.1) is 17.0 Å². The Morgan fingerprint density at radius 1 is 1.37 bits per heavy atom. The molecule has 1 aliphatic heterocycles. The molecule has 0 saturated carbocycles. The van der Waals surface area contributed by atoms with Crippen LogP contribution in [0.4, 0.5) is 8.78 Å². The lowest BCUT2D eigenvalue weighted by Crippen LogP contribution is -2.38. The van der Waals surface area contributed by atoms with Crippen molar-refractivity contribution in [3.63, 3.8) is 0 Å². The maximum absolute atomic E-state index is 13.6. The number of carbonyl (C=O) groups is 1. The fourth-order valence-electron chi connectivity index (χ4n) is 2.56. The summed E-state index contributed by atoms with van der Waals surface area (Å²) in [6.07, 6.45) is 1.02. The Kier molecular flexibility index (Phi) is 3.72. The van der Waals surface area contributed by atoms with Crippen LogP contribution in [-0.4, -0.2) is 29.8 Å². The molecule has 2 nitrogen and oxygen atoms in total. The third-order valence-corrected chi connectivity index (χ3v) is 3.83. The average molecular weight is 267 g/mol. The first-order chi connectivity index (χ1) is 8.80.